The van der Waals surface area contributed by atoms with Crippen molar-refractivity contribution in [3.8, 4) is 0 Å². The smallest absolute Gasteiger partial charge is 0.462 e. The summed E-state index contributed by atoms with van der Waals surface area (Å²) in [5, 5.41) is 10.7. The van der Waals surface area contributed by atoms with Crippen molar-refractivity contribution in [2.45, 2.75) is 541 Å². The van der Waals surface area contributed by atoms with E-state index < -0.39 is 97.5 Å². The Kier molecular flexibility index (Phi) is 85.9. The van der Waals surface area contributed by atoms with Crippen LogP contribution in [0.15, 0.2) is 0 Å². The number of aliphatic hydroxyl groups is 1. The minimum absolute atomic E-state index is 0.109. The van der Waals surface area contributed by atoms with Gasteiger partial charge < -0.3 is 33.8 Å². The summed E-state index contributed by atoms with van der Waals surface area (Å²) in [7, 11) is -9.94. The number of ether oxygens (including phenoxy) is 4. The first-order valence-corrected chi connectivity index (χ1v) is 52.1. The number of carbonyl (C=O) groups is 4. The van der Waals surface area contributed by atoms with Crippen LogP contribution in [0.2, 0.25) is 0 Å². The van der Waals surface area contributed by atoms with E-state index in [0.29, 0.717) is 25.7 Å². The molecule has 0 fully saturated rings. The molecule has 114 heavy (non-hydrogen) atoms. The Hall–Kier alpha value is -1.94. The minimum Gasteiger partial charge on any atom is -0.462 e. The largest absolute Gasteiger partial charge is 0.472 e. The fourth-order valence-electron chi connectivity index (χ4n) is 15.1. The van der Waals surface area contributed by atoms with Gasteiger partial charge in [-0.15, -0.1) is 0 Å². The molecule has 0 amide bonds. The van der Waals surface area contributed by atoms with Gasteiger partial charge in [0.1, 0.15) is 19.3 Å². The molecule has 0 aliphatic carbocycles. The zero-order valence-electron chi connectivity index (χ0n) is 75.2. The number of carbonyl (C=O) groups excluding carboxylic acids is 4. The maximum Gasteiger partial charge on any atom is 0.472 e. The lowest BCUT2D eigenvalue weighted by atomic mass is 10.0. The highest BCUT2D eigenvalue weighted by Crippen LogP contribution is 2.45. The number of phosphoric acid groups is 2. The van der Waals surface area contributed by atoms with Crippen LogP contribution in [0.3, 0.4) is 0 Å². The van der Waals surface area contributed by atoms with Crippen LogP contribution in [0.1, 0.15) is 523 Å². The summed E-state index contributed by atoms with van der Waals surface area (Å²) in [4.78, 5) is 73.6. The van der Waals surface area contributed by atoms with Gasteiger partial charge in [0.25, 0.3) is 0 Å². The third-order valence-electron chi connectivity index (χ3n) is 22.5. The van der Waals surface area contributed by atoms with Gasteiger partial charge in [-0.05, 0) is 31.6 Å². The number of phosphoric ester groups is 2. The van der Waals surface area contributed by atoms with Gasteiger partial charge in [0, 0.05) is 25.7 Å². The van der Waals surface area contributed by atoms with Crippen LogP contribution in [-0.2, 0) is 65.4 Å². The van der Waals surface area contributed by atoms with Gasteiger partial charge in [-0.1, -0.05) is 471 Å². The summed E-state index contributed by atoms with van der Waals surface area (Å²) in [6, 6.07) is 0. The third kappa shape index (κ3) is 87.9. The second-order valence-corrected chi connectivity index (χ2v) is 37.5. The van der Waals surface area contributed by atoms with E-state index in [-0.39, 0.29) is 25.7 Å². The summed E-state index contributed by atoms with van der Waals surface area (Å²) >= 11 is 0. The molecular weight excluding hydrogens is 1470 g/mol. The fourth-order valence-corrected chi connectivity index (χ4v) is 16.6. The molecule has 0 spiro atoms. The number of aliphatic hydroxyl groups excluding tert-OH is 1. The molecule has 0 aromatic rings. The first-order valence-electron chi connectivity index (χ1n) is 49.1. The van der Waals surface area contributed by atoms with Crippen LogP contribution >= 0.6 is 15.6 Å². The van der Waals surface area contributed by atoms with E-state index in [1.807, 2.05) is 0 Å². The third-order valence-corrected chi connectivity index (χ3v) is 24.4. The van der Waals surface area contributed by atoms with E-state index >= 15 is 0 Å². The Bertz CT molecular complexity index is 2150. The lowest BCUT2D eigenvalue weighted by Crippen LogP contribution is -2.30. The van der Waals surface area contributed by atoms with Gasteiger partial charge in [-0.3, -0.25) is 37.3 Å². The Morgan fingerprint density at radius 1 is 0.237 bits per heavy atom. The highest BCUT2D eigenvalue weighted by Gasteiger charge is 2.31. The maximum absolute atomic E-state index is 13.2. The summed E-state index contributed by atoms with van der Waals surface area (Å²) in [6.45, 7) is 7.40. The average Bonchev–Trinajstić information content (AvgIpc) is 0.900. The van der Waals surface area contributed by atoms with Gasteiger partial charge >= 0.3 is 39.5 Å². The molecule has 0 heterocycles. The van der Waals surface area contributed by atoms with Crippen molar-refractivity contribution in [3.05, 3.63) is 0 Å². The summed E-state index contributed by atoms with van der Waals surface area (Å²) < 4.78 is 69.2. The molecule has 17 nitrogen and oxygen atoms in total. The zero-order valence-corrected chi connectivity index (χ0v) is 77.0. The van der Waals surface area contributed by atoms with E-state index in [9.17, 15) is 43.2 Å². The topological polar surface area (TPSA) is 237 Å². The highest BCUT2D eigenvalue weighted by molar-refractivity contribution is 7.47. The number of rotatable bonds is 95. The quantitative estimate of drug-likeness (QED) is 0.0222. The molecule has 0 aromatic heterocycles. The molecule has 0 saturated heterocycles. The molecule has 0 aliphatic rings. The molecule has 19 heteroatoms. The Balaban J connectivity index is 5.23. The second kappa shape index (κ2) is 87.4. The Morgan fingerprint density at radius 2 is 0.404 bits per heavy atom. The SMILES string of the molecule is CCCCCCCCCCCCCCCCCCCCCCCCC(=O)O[C@H](COC(=O)CCCCCCCCCCCCCCCCCCCCCC)COP(=O)(O)OC[C@@H](O)COP(=O)(O)OC[C@@H](COC(=O)CCCCCCCCCCCC(C)C)OC(=O)CCCCCCCCCCCCCCCCCCCCCC. The van der Waals surface area contributed by atoms with Crippen molar-refractivity contribution in [1.29, 1.82) is 0 Å². The lowest BCUT2D eigenvalue weighted by molar-refractivity contribution is -0.161. The molecule has 0 saturated carbocycles. The number of esters is 4. The van der Waals surface area contributed by atoms with Gasteiger partial charge in [-0.2, -0.15) is 0 Å². The monoisotopic (exact) mass is 1660 g/mol. The van der Waals surface area contributed by atoms with Crippen molar-refractivity contribution >= 4 is 39.5 Å². The average molecular weight is 1660 g/mol. The highest BCUT2D eigenvalue weighted by atomic mass is 31.2. The predicted molar refractivity (Wildman–Crippen MR) is 474 cm³/mol. The van der Waals surface area contributed by atoms with Gasteiger partial charge in [0.15, 0.2) is 12.2 Å². The van der Waals surface area contributed by atoms with E-state index in [1.165, 1.54) is 347 Å². The van der Waals surface area contributed by atoms with E-state index in [4.69, 9.17) is 37.0 Å². The second-order valence-electron chi connectivity index (χ2n) is 34.6. The first-order chi connectivity index (χ1) is 55.5. The van der Waals surface area contributed by atoms with E-state index in [2.05, 4.69) is 34.6 Å². The van der Waals surface area contributed by atoms with Gasteiger partial charge in [-0.25, -0.2) is 9.13 Å². The lowest BCUT2D eigenvalue weighted by Gasteiger charge is -2.21. The van der Waals surface area contributed by atoms with Crippen LogP contribution in [0.25, 0.3) is 0 Å². The van der Waals surface area contributed by atoms with Crippen molar-refractivity contribution in [3.63, 3.8) is 0 Å². The van der Waals surface area contributed by atoms with Crippen LogP contribution < -0.4 is 0 Å². The molecule has 0 bridgehead atoms. The standard InChI is InChI=1S/C95H186O17P2/c1-6-9-12-15-18-21-24-27-30-33-36-39-40-43-46-49-52-55-60-66-71-75-80-94(99)111-90(84-105-92(97)78-73-68-63-58-53-50-47-44-41-37-34-31-28-25-22-19-16-13-10-7-2)86-109-113(101,102)107-82-89(96)83-108-114(103,104)110-87-91(85-106-93(98)79-74-69-64-61-56-57-62-67-72-77-88(4)5)112-95(100)81-76-70-65-59-54-51-48-45-42-38-35-32-29-26-23-20-17-14-11-8-3/h88-91,96H,6-87H2,1-5H3,(H,101,102)(H,103,104)/t89-,90-,91-/m1/s1. The van der Waals surface area contributed by atoms with Crippen molar-refractivity contribution < 1.29 is 80.2 Å². The minimum atomic E-state index is -4.97. The molecule has 0 aliphatic heterocycles. The molecule has 678 valence electrons. The van der Waals surface area contributed by atoms with Crippen molar-refractivity contribution in [2.24, 2.45) is 5.92 Å². The summed E-state index contributed by atoms with van der Waals surface area (Å²) in [5.41, 5.74) is 0. The van der Waals surface area contributed by atoms with Crippen LogP contribution in [0.5, 0.6) is 0 Å². The predicted octanol–water partition coefficient (Wildman–Crippen LogP) is 29.9. The van der Waals surface area contributed by atoms with Gasteiger partial charge in [0.2, 0.25) is 0 Å². The molecule has 5 atom stereocenters. The van der Waals surface area contributed by atoms with E-state index in [1.54, 1.807) is 0 Å². The summed E-state index contributed by atoms with van der Waals surface area (Å²) in [6.07, 6.45) is 85.0. The fraction of sp³-hybridized carbons (Fsp3) is 0.958. The van der Waals surface area contributed by atoms with Crippen LogP contribution in [0.4, 0.5) is 0 Å². The van der Waals surface area contributed by atoms with Gasteiger partial charge in [0.05, 0.1) is 26.4 Å². The van der Waals surface area contributed by atoms with Crippen molar-refractivity contribution in [2.75, 3.05) is 39.6 Å². The molecular formula is C95H186O17P2. The molecule has 2 unspecified atom stereocenters. The van der Waals surface area contributed by atoms with Crippen LogP contribution in [0, 0.1) is 5.92 Å². The number of hydrogen-bond donors (Lipinski definition) is 3. The molecule has 0 rings (SSSR count). The first kappa shape index (κ1) is 112. The zero-order chi connectivity index (χ0) is 83.3. The van der Waals surface area contributed by atoms with Crippen molar-refractivity contribution in [1.82, 2.24) is 0 Å². The number of unbranched alkanes of at least 4 members (excludes halogenated alkanes) is 67. The Labute approximate surface area is 702 Å². The normalized spacial score (nSPS) is 13.6. The van der Waals surface area contributed by atoms with E-state index in [0.717, 1.165) is 95.8 Å². The molecule has 0 aromatic carbocycles. The van der Waals surface area contributed by atoms with Crippen LogP contribution in [-0.4, -0.2) is 96.7 Å². The number of hydrogen-bond acceptors (Lipinski definition) is 15. The Morgan fingerprint density at radius 3 is 0.596 bits per heavy atom. The molecule has 3 N–H and O–H groups in total. The molecule has 0 radical (unpaired) electrons. The summed E-state index contributed by atoms with van der Waals surface area (Å²) in [5.74, 6) is -1.35. The maximum atomic E-state index is 13.2.